The standard InChI is InChI=1S/C24H24N2O5/c1-2-24(30)18-11-20-21-16(12-26(20)22(28)17(18)13-31-23(24)29)14(7-5-6-10-27)15-8-3-4-9-19(15)25-21/h3-4,8-9,11,27,30H,2,5-7,10,12-13H2,1H3/t24-/m0/s1. The second-order valence-corrected chi connectivity index (χ2v) is 8.22. The number of hydrogen-bond acceptors (Lipinski definition) is 6. The molecule has 1 atom stereocenters. The lowest BCUT2D eigenvalue weighted by Gasteiger charge is -2.31. The van der Waals surface area contributed by atoms with Crippen molar-refractivity contribution in [3.8, 4) is 11.4 Å². The SMILES string of the molecule is CC[C@@]1(O)C(=O)OCc2c1cc1n(c2=O)Cc2c-1nc1ccccc1c2CCCCO. The van der Waals surface area contributed by atoms with Gasteiger partial charge in [0.05, 0.1) is 29.0 Å². The van der Waals surface area contributed by atoms with E-state index in [1.165, 1.54) is 0 Å². The molecule has 31 heavy (non-hydrogen) atoms. The van der Waals surface area contributed by atoms with E-state index >= 15 is 0 Å². The molecule has 2 aliphatic heterocycles. The number of esters is 1. The number of aromatic nitrogens is 2. The van der Waals surface area contributed by atoms with Crippen molar-refractivity contribution < 1.29 is 19.7 Å². The van der Waals surface area contributed by atoms with Gasteiger partial charge >= 0.3 is 5.97 Å². The molecule has 5 rings (SSSR count). The number of benzene rings is 1. The summed E-state index contributed by atoms with van der Waals surface area (Å²) < 4.78 is 6.81. The van der Waals surface area contributed by atoms with Gasteiger partial charge in [-0.15, -0.1) is 0 Å². The minimum Gasteiger partial charge on any atom is -0.458 e. The Labute approximate surface area is 178 Å². The summed E-state index contributed by atoms with van der Waals surface area (Å²) in [6, 6.07) is 9.63. The van der Waals surface area contributed by atoms with Crippen LogP contribution in [0.3, 0.4) is 0 Å². The number of ether oxygens (including phenoxy) is 1. The smallest absolute Gasteiger partial charge is 0.343 e. The van der Waals surface area contributed by atoms with Crippen LogP contribution in [0.1, 0.15) is 48.4 Å². The van der Waals surface area contributed by atoms with Crippen LogP contribution in [0.4, 0.5) is 0 Å². The first-order valence-electron chi connectivity index (χ1n) is 10.7. The molecule has 2 aromatic heterocycles. The predicted octanol–water partition coefficient (Wildman–Crippen LogP) is 2.39. The van der Waals surface area contributed by atoms with Crippen LogP contribution >= 0.6 is 0 Å². The fourth-order valence-electron chi connectivity index (χ4n) is 4.81. The van der Waals surface area contributed by atoms with Crippen molar-refractivity contribution in [2.45, 2.75) is 51.4 Å². The molecule has 0 bridgehead atoms. The molecule has 0 amide bonds. The number of fused-ring (bicyclic) bond motifs is 5. The van der Waals surface area contributed by atoms with Crippen LogP contribution in [0.5, 0.6) is 0 Å². The number of aliphatic hydroxyl groups excluding tert-OH is 1. The van der Waals surface area contributed by atoms with Crippen LogP contribution < -0.4 is 5.56 Å². The highest BCUT2D eigenvalue weighted by Crippen LogP contribution is 2.40. The first-order valence-corrected chi connectivity index (χ1v) is 10.7. The van der Waals surface area contributed by atoms with Crippen LogP contribution in [0.15, 0.2) is 35.1 Å². The summed E-state index contributed by atoms with van der Waals surface area (Å²) in [6.45, 7) is 2.09. The lowest BCUT2D eigenvalue weighted by atomic mass is 9.86. The number of carbonyl (C=O) groups excluding carboxylic acids is 1. The van der Waals surface area contributed by atoms with E-state index in [2.05, 4.69) is 0 Å². The molecule has 2 N–H and O–H groups in total. The third-order valence-corrected chi connectivity index (χ3v) is 6.55. The van der Waals surface area contributed by atoms with Gasteiger partial charge in [0.15, 0.2) is 5.60 Å². The minimum absolute atomic E-state index is 0.117. The molecule has 3 aromatic rings. The normalized spacial score (nSPS) is 19.1. The largest absolute Gasteiger partial charge is 0.458 e. The molecular formula is C24H24N2O5. The molecule has 7 nitrogen and oxygen atoms in total. The van der Waals surface area contributed by atoms with Crippen LogP contribution in [0.2, 0.25) is 0 Å². The second kappa shape index (κ2) is 7.28. The Kier molecular flexibility index (Phi) is 4.68. The van der Waals surface area contributed by atoms with E-state index in [1.807, 2.05) is 24.3 Å². The van der Waals surface area contributed by atoms with Crippen LogP contribution in [-0.4, -0.2) is 32.3 Å². The summed E-state index contributed by atoms with van der Waals surface area (Å²) in [6.07, 6.45) is 2.42. The Bertz CT molecular complexity index is 1280. The van der Waals surface area contributed by atoms with Gasteiger partial charge in [-0.25, -0.2) is 9.78 Å². The number of rotatable bonds is 5. The summed E-state index contributed by atoms with van der Waals surface area (Å²) in [5.41, 5.74) is 2.87. The number of unbranched alkanes of at least 4 members (excludes halogenated alkanes) is 1. The monoisotopic (exact) mass is 420 g/mol. The quantitative estimate of drug-likeness (QED) is 0.380. The predicted molar refractivity (Wildman–Crippen MR) is 115 cm³/mol. The van der Waals surface area contributed by atoms with Crippen molar-refractivity contribution in [3.05, 3.63) is 62.9 Å². The third kappa shape index (κ3) is 2.84. The number of nitrogens with zero attached hydrogens (tertiary/aromatic N) is 2. The lowest BCUT2D eigenvalue weighted by molar-refractivity contribution is -0.172. The maximum absolute atomic E-state index is 13.3. The number of aryl methyl sites for hydroxylation is 1. The van der Waals surface area contributed by atoms with Gasteiger partial charge in [-0.2, -0.15) is 0 Å². The first-order chi connectivity index (χ1) is 15.0. The molecule has 0 spiro atoms. The molecular weight excluding hydrogens is 396 g/mol. The van der Waals surface area contributed by atoms with Crippen molar-refractivity contribution in [2.24, 2.45) is 0 Å². The average molecular weight is 420 g/mol. The maximum Gasteiger partial charge on any atom is 0.343 e. The summed E-state index contributed by atoms with van der Waals surface area (Å²) in [5, 5.41) is 21.3. The zero-order valence-corrected chi connectivity index (χ0v) is 17.4. The second-order valence-electron chi connectivity index (χ2n) is 8.22. The highest BCUT2D eigenvalue weighted by atomic mass is 16.6. The zero-order valence-electron chi connectivity index (χ0n) is 17.4. The van der Waals surface area contributed by atoms with Gasteiger partial charge < -0.3 is 19.5 Å². The van der Waals surface area contributed by atoms with Gasteiger partial charge in [0, 0.05) is 23.1 Å². The molecule has 160 valence electrons. The zero-order chi connectivity index (χ0) is 21.8. The topological polar surface area (TPSA) is 102 Å². The van der Waals surface area contributed by atoms with E-state index in [4.69, 9.17) is 9.72 Å². The fraction of sp³-hybridized carbons (Fsp3) is 0.375. The molecule has 0 saturated heterocycles. The number of pyridine rings is 2. The fourth-order valence-corrected chi connectivity index (χ4v) is 4.81. The minimum atomic E-state index is -1.83. The Morgan fingerprint density at radius 2 is 2.00 bits per heavy atom. The van der Waals surface area contributed by atoms with Gasteiger partial charge in [0.1, 0.15) is 6.61 Å². The summed E-state index contributed by atoms with van der Waals surface area (Å²) in [4.78, 5) is 30.5. The van der Waals surface area contributed by atoms with E-state index in [0.717, 1.165) is 40.6 Å². The molecule has 0 unspecified atom stereocenters. The average Bonchev–Trinajstić information content (AvgIpc) is 3.15. The van der Waals surface area contributed by atoms with Gasteiger partial charge in [0.2, 0.25) is 0 Å². The van der Waals surface area contributed by atoms with Crippen molar-refractivity contribution in [3.63, 3.8) is 0 Å². The molecule has 0 radical (unpaired) electrons. The molecule has 0 fully saturated rings. The molecule has 2 aliphatic rings. The Morgan fingerprint density at radius 3 is 2.77 bits per heavy atom. The molecule has 1 aromatic carbocycles. The Balaban J connectivity index is 1.76. The Morgan fingerprint density at radius 1 is 1.19 bits per heavy atom. The molecule has 7 heteroatoms. The third-order valence-electron chi connectivity index (χ3n) is 6.55. The Hall–Kier alpha value is -3.03. The number of hydrogen-bond donors (Lipinski definition) is 2. The van der Waals surface area contributed by atoms with Crippen molar-refractivity contribution >= 4 is 16.9 Å². The molecule has 4 heterocycles. The van der Waals surface area contributed by atoms with E-state index in [9.17, 15) is 19.8 Å². The van der Waals surface area contributed by atoms with Crippen LogP contribution in [0, 0.1) is 0 Å². The first kappa shape index (κ1) is 19.9. The summed E-state index contributed by atoms with van der Waals surface area (Å²) in [7, 11) is 0. The van der Waals surface area contributed by atoms with Gasteiger partial charge in [0.25, 0.3) is 5.56 Å². The number of aliphatic hydroxyl groups is 2. The lowest BCUT2D eigenvalue weighted by Crippen LogP contribution is -2.44. The van der Waals surface area contributed by atoms with Gasteiger partial charge in [-0.1, -0.05) is 25.1 Å². The number of para-hydroxylation sites is 1. The van der Waals surface area contributed by atoms with Crippen LogP contribution in [0.25, 0.3) is 22.3 Å². The van der Waals surface area contributed by atoms with Crippen molar-refractivity contribution in [2.75, 3.05) is 6.61 Å². The number of carbonyl (C=O) groups is 1. The summed E-state index contributed by atoms with van der Waals surface area (Å²) >= 11 is 0. The molecule has 0 saturated carbocycles. The highest BCUT2D eigenvalue weighted by Gasteiger charge is 2.45. The number of cyclic esters (lactones) is 1. The van der Waals surface area contributed by atoms with E-state index in [-0.39, 0.29) is 25.2 Å². The van der Waals surface area contributed by atoms with Crippen LogP contribution in [-0.2, 0) is 34.7 Å². The summed E-state index contributed by atoms with van der Waals surface area (Å²) in [5.74, 6) is -0.721. The highest BCUT2D eigenvalue weighted by molar-refractivity contribution is 5.89. The van der Waals surface area contributed by atoms with Gasteiger partial charge in [-0.3, -0.25) is 4.79 Å². The van der Waals surface area contributed by atoms with Crippen molar-refractivity contribution in [1.82, 2.24) is 9.55 Å². The van der Waals surface area contributed by atoms with Gasteiger partial charge in [-0.05, 0) is 43.4 Å². The van der Waals surface area contributed by atoms with E-state index in [1.54, 1.807) is 17.6 Å². The molecule has 0 aliphatic carbocycles. The maximum atomic E-state index is 13.3. The van der Waals surface area contributed by atoms with Crippen molar-refractivity contribution in [1.29, 1.82) is 0 Å². The van der Waals surface area contributed by atoms with E-state index in [0.29, 0.717) is 29.8 Å². The van der Waals surface area contributed by atoms with E-state index < -0.39 is 11.6 Å².